The van der Waals surface area contributed by atoms with E-state index in [1.165, 1.54) is 6.07 Å². The first-order chi connectivity index (χ1) is 11.2. The van der Waals surface area contributed by atoms with Crippen LogP contribution >= 0.6 is 11.6 Å². The van der Waals surface area contributed by atoms with Crippen molar-refractivity contribution in [3.05, 3.63) is 27.5 Å². The Hall–Kier alpha value is -2.09. The van der Waals surface area contributed by atoms with Gasteiger partial charge in [0.15, 0.2) is 0 Å². The van der Waals surface area contributed by atoms with E-state index in [0.717, 1.165) is 19.0 Å². The highest BCUT2D eigenvalue weighted by atomic mass is 35.5. The van der Waals surface area contributed by atoms with Gasteiger partial charge in [-0.1, -0.05) is 11.6 Å². The van der Waals surface area contributed by atoms with Crippen molar-refractivity contribution in [2.24, 2.45) is 0 Å². The molecule has 9 heteroatoms. The highest BCUT2D eigenvalue weighted by Crippen LogP contribution is 2.31. The maximum Gasteiger partial charge on any atom is 0.407 e. The lowest BCUT2D eigenvalue weighted by molar-refractivity contribution is -0.384. The minimum Gasteiger partial charge on any atom is -0.444 e. The van der Waals surface area contributed by atoms with E-state index in [9.17, 15) is 14.9 Å². The zero-order valence-corrected chi connectivity index (χ0v) is 14.7. The fraction of sp³-hybridized carbons (Fsp3) is 0.600. The number of piperidine rings is 1. The Labute approximate surface area is 145 Å². The largest absolute Gasteiger partial charge is 0.444 e. The lowest BCUT2D eigenvalue weighted by atomic mass is 10.0. The summed E-state index contributed by atoms with van der Waals surface area (Å²) in [6.07, 6.45) is 2.24. The van der Waals surface area contributed by atoms with Crippen LogP contribution in [0.5, 0.6) is 0 Å². The molecule has 0 aromatic carbocycles. The average Bonchev–Trinajstić information content (AvgIpc) is 2.45. The van der Waals surface area contributed by atoms with Gasteiger partial charge in [-0.2, -0.15) is 0 Å². The summed E-state index contributed by atoms with van der Waals surface area (Å²) in [6.45, 7) is 6.47. The third-order valence-electron chi connectivity index (χ3n) is 3.51. The number of amides is 1. The molecule has 1 saturated heterocycles. The Morgan fingerprint density at radius 1 is 1.54 bits per heavy atom. The van der Waals surface area contributed by atoms with Crippen LogP contribution in [0.4, 0.5) is 16.2 Å². The van der Waals surface area contributed by atoms with Crippen molar-refractivity contribution >= 4 is 29.1 Å². The lowest BCUT2D eigenvalue weighted by Gasteiger charge is -2.34. The summed E-state index contributed by atoms with van der Waals surface area (Å²) in [5.74, 6) is 0. The summed E-state index contributed by atoms with van der Waals surface area (Å²) in [5, 5.41) is 14.2. The molecule has 1 aliphatic heterocycles. The molecule has 0 spiro atoms. The Balaban J connectivity index is 2.10. The summed E-state index contributed by atoms with van der Waals surface area (Å²) in [5.41, 5.74) is -0.261. The van der Waals surface area contributed by atoms with Gasteiger partial charge in [-0.05, 0) is 33.6 Å². The van der Waals surface area contributed by atoms with E-state index >= 15 is 0 Å². The summed E-state index contributed by atoms with van der Waals surface area (Å²) in [7, 11) is 0. The molecule has 1 aromatic rings. The number of carbonyl (C=O) groups excluding carboxylic acids is 1. The molecule has 0 aliphatic carbocycles. The molecule has 1 amide bonds. The van der Waals surface area contributed by atoms with E-state index < -0.39 is 16.6 Å². The van der Waals surface area contributed by atoms with Crippen molar-refractivity contribution in [3.63, 3.8) is 0 Å². The fourth-order valence-corrected chi connectivity index (χ4v) is 2.75. The lowest BCUT2D eigenvalue weighted by Crippen LogP contribution is -2.49. The summed E-state index contributed by atoms with van der Waals surface area (Å²) in [4.78, 5) is 28.2. The van der Waals surface area contributed by atoms with Crippen LogP contribution in [0.2, 0.25) is 5.15 Å². The Morgan fingerprint density at radius 2 is 2.25 bits per heavy atom. The second kappa shape index (κ2) is 7.21. The zero-order valence-electron chi connectivity index (χ0n) is 13.9. The van der Waals surface area contributed by atoms with Crippen LogP contribution in [0.25, 0.3) is 0 Å². The molecule has 24 heavy (non-hydrogen) atoms. The van der Waals surface area contributed by atoms with E-state index in [0.29, 0.717) is 18.8 Å². The monoisotopic (exact) mass is 356 g/mol. The number of carbonyl (C=O) groups is 1. The molecule has 0 radical (unpaired) electrons. The summed E-state index contributed by atoms with van der Waals surface area (Å²) < 4.78 is 5.25. The number of rotatable bonds is 3. The number of hydrogen-bond donors (Lipinski definition) is 1. The molecule has 0 unspecified atom stereocenters. The molecule has 0 bridgehead atoms. The van der Waals surface area contributed by atoms with E-state index in [-0.39, 0.29) is 16.9 Å². The predicted molar refractivity (Wildman–Crippen MR) is 90.5 cm³/mol. The molecule has 1 aliphatic rings. The zero-order chi connectivity index (χ0) is 17.9. The second-order valence-electron chi connectivity index (χ2n) is 6.68. The normalized spacial score (nSPS) is 18.2. The molecule has 8 nitrogen and oxygen atoms in total. The Kier molecular flexibility index (Phi) is 5.48. The highest BCUT2D eigenvalue weighted by Gasteiger charge is 2.28. The van der Waals surface area contributed by atoms with Gasteiger partial charge in [0.2, 0.25) is 0 Å². The maximum atomic E-state index is 11.9. The third-order valence-corrected chi connectivity index (χ3v) is 3.71. The number of ether oxygens (including phenoxy) is 1. The first kappa shape index (κ1) is 18.3. The Bertz CT molecular complexity index is 632. The molecule has 2 rings (SSSR count). The van der Waals surface area contributed by atoms with Gasteiger partial charge >= 0.3 is 11.8 Å². The number of nitro groups is 1. The number of nitrogens with one attached hydrogen (secondary N) is 1. The standard InChI is InChI=1S/C15H21ClN4O4/c1-15(2,3)24-14(21)18-10-5-4-6-19(9-10)11-7-13(16)17-8-12(11)20(22)23/h7-8,10H,4-6,9H2,1-3H3,(H,18,21)/t10-/m0/s1. The topological polar surface area (TPSA) is 97.6 Å². The average molecular weight is 357 g/mol. The minimum absolute atomic E-state index is 0.0997. The SMILES string of the molecule is CC(C)(C)OC(=O)N[C@H]1CCCN(c2cc(Cl)ncc2[N+](=O)[O-])C1. The van der Waals surface area contributed by atoms with Gasteiger partial charge < -0.3 is 15.0 Å². The van der Waals surface area contributed by atoms with Gasteiger partial charge in [0.05, 0.1) is 4.92 Å². The number of halogens is 1. The summed E-state index contributed by atoms with van der Waals surface area (Å²) >= 11 is 5.88. The van der Waals surface area contributed by atoms with Crippen LogP contribution in [0.1, 0.15) is 33.6 Å². The van der Waals surface area contributed by atoms with Crippen molar-refractivity contribution in [1.82, 2.24) is 10.3 Å². The second-order valence-corrected chi connectivity index (χ2v) is 7.07. The van der Waals surface area contributed by atoms with E-state index in [4.69, 9.17) is 16.3 Å². The summed E-state index contributed by atoms with van der Waals surface area (Å²) in [6, 6.07) is 1.33. The van der Waals surface area contributed by atoms with Crippen LogP contribution in [0.3, 0.4) is 0 Å². The molecular weight excluding hydrogens is 336 g/mol. The quantitative estimate of drug-likeness (QED) is 0.507. The van der Waals surface area contributed by atoms with Crippen molar-refractivity contribution in [2.45, 2.75) is 45.3 Å². The molecule has 1 N–H and O–H groups in total. The highest BCUT2D eigenvalue weighted by molar-refractivity contribution is 6.29. The van der Waals surface area contributed by atoms with E-state index in [2.05, 4.69) is 10.3 Å². The van der Waals surface area contributed by atoms with Crippen LogP contribution in [0, 0.1) is 10.1 Å². The number of aromatic nitrogens is 1. The molecule has 1 atom stereocenters. The van der Waals surface area contributed by atoms with Gasteiger partial charge in [0, 0.05) is 25.2 Å². The predicted octanol–water partition coefficient (Wildman–Crippen LogP) is 3.14. The number of alkyl carbamates (subject to hydrolysis) is 1. The van der Waals surface area contributed by atoms with Crippen LogP contribution in [0.15, 0.2) is 12.3 Å². The molecule has 132 valence electrons. The van der Waals surface area contributed by atoms with Crippen molar-refractivity contribution in [1.29, 1.82) is 0 Å². The van der Waals surface area contributed by atoms with E-state index in [1.807, 2.05) is 4.90 Å². The smallest absolute Gasteiger partial charge is 0.407 e. The molecule has 0 saturated carbocycles. The van der Waals surface area contributed by atoms with Crippen LogP contribution in [-0.4, -0.2) is 40.7 Å². The number of nitrogens with zero attached hydrogens (tertiary/aromatic N) is 3. The van der Waals surface area contributed by atoms with Crippen molar-refractivity contribution < 1.29 is 14.5 Å². The van der Waals surface area contributed by atoms with Gasteiger partial charge in [-0.3, -0.25) is 10.1 Å². The maximum absolute atomic E-state index is 11.9. The molecule has 1 aromatic heterocycles. The van der Waals surface area contributed by atoms with Gasteiger partial charge in [0.1, 0.15) is 22.6 Å². The molecule has 1 fully saturated rings. The molecular formula is C15H21ClN4O4. The van der Waals surface area contributed by atoms with Crippen LogP contribution < -0.4 is 10.2 Å². The van der Waals surface area contributed by atoms with Crippen molar-refractivity contribution in [3.8, 4) is 0 Å². The van der Waals surface area contributed by atoms with E-state index in [1.54, 1.807) is 20.8 Å². The van der Waals surface area contributed by atoms with Gasteiger partial charge in [-0.25, -0.2) is 9.78 Å². The fourth-order valence-electron chi connectivity index (χ4n) is 2.59. The first-order valence-corrected chi connectivity index (χ1v) is 8.08. The number of pyridine rings is 1. The first-order valence-electron chi connectivity index (χ1n) is 7.70. The van der Waals surface area contributed by atoms with Crippen molar-refractivity contribution in [2.75, 3.05) is 18.0 Å². The minimum atomic E-state index is -0.574. The third kappa shape index (κ3) is 4.95. The van der Waals surface area contributed by atoms with Gasteiger partial charge in [-0.15, -0.1) is 0 Å². The molecule has 2 heterocycles. The Morgan fingerprint density at radius 3 is 2.88 bits per heavy atom. The van der Waals surface area contributed by atoms with Crippen LogP contribution in [-0.2, 0) is 4.74 Å². The number of anilines is 1. The van der Waals surface area contributed by atoms with Gasteiger partial charge in [0.25, 0.3) is 0 Å². The number of hydrogen-bond acceptors (Lipinski definition) is 6.